The Morgan fingerprint density at radius 1 is 1.07 bits per heavy atom. The quantitative estimate of drug-likeness (QED) is 0.641. The predicted molar refractivity (Wildman–Crippen MR) is 110 cm³/mol. The lowest BCUT2D eigenvalue weighted by atomic mass is 10.2. The molecule has 0 aliphatic carbocycles. The van der Waals surface area contributed by atoms with Crippen LogP contribution < -0.4 is 10.2 Å². The van der Waals surface area contributed by atoms with Crippen LogP contribution in [0.4, 0.5) is 5.82 Å². The number of hydrogen-bond acceptors (Lipinski definition) is 5. The largest absolute Gasteiger partial charge is 0.357 e. The predicted octanol–water partition coefficient (Wildman–Crippen LogP) is 1.69. The van der Waals surface area contributed by atoms with E-state index in [1.807, 2.05) is 18.3 Å². The Kier molecular flexibility index (Phi) is 6.04. The summed E-state index contributed by atoms with van der Waals surface area (Å²) in [5.41, 5.74) is 0. The number of fused-ring (bicyclic) bond motifs is 1. The Morgan fingerprint density at radius 3 is 2.75 bits per heavy atom. The molecule has 1 saturated heterocycles. The van der Waals surface area contributed by atoms with Crippen LogP contribution in [0.15, 0.2) is 29.4 Å². The van der Waals surface area contributed by atoms with Crippen molar-refractivity contribution in [2.24, 2.45) is 4.99 Å². The van der Waals surface area contributed by atoms with E-state index in [0.717, 1.165) is 69.1 Å². The summed E-state index contributed by atoms with van der Waals surface area (Å²) in [5, 5.41) is 12.3. The van der Waals surface area contributed by atoms with Crippen LogP contribution in [0.25, 0.3) is 0 Å². The molecule has 0 amide bonds. The molecule has 2 aliphatic rings. The van der Waals surface area contributed by atoms with Crippen molar-refractivity contribution in [3.05, 3.63) is 36.0 Å². The van der Waals surface area contributed by atoms with Crippen molar-refractivity contribution >= 4 is 11.8 Å². The van der Waals surface area contributed by atoms with Crippen LogP contribution in [0.3, 0.4) is 0 Å². The summed E-state index contributed by atoms with van der Waals surface area (Å²) in [6, 6.07) is 6.08. The molecule has 0 aromatic carbocycles. The van der Waals surface area contributed by atoms with Gasteiger partial charge in [0.05, 0.1) is 0 Å². The third-order valence-electron chi connectivity index (χ3n) is 5.44. The Morgan fingerprint density at radius 2 is 1.96 bits per heavy atom. The topological polar surface area (TPSA) is 74.5 Å². The van der Waals surface area contributed by atoms with Crippen LogP contribution >= 0.6 is 0 Å². The molecule has 0 unspecified atom stereocenters. The average molecular weight is 383 g/mol. The van der Waals surface area contributed by atoms with Crippen molar-refractivity contribution in [3.8, 4) is 0 Å². The summed E-state index contributed by atoms with van der Waals surface area (Å²) < 4.78 is 2.28. The van der Waals surface area contributed by atoms with Gasteiger partial charge >= 0.3 is 0 Å². The Labute approximate surface area is 166 Å². The zero-order valence-corrected chi connectivity index (χ0v) is 16.7. The standard InChI is InChI=1S/C20H30N8/c1-2-21-20(23-16-19-25-24-18-9-4-3-7-11-28(18)19)27-14-12-26(13-15-27)17-8-5-6-10-22-17/h5-6,8,10H,2-4,7,9,11-16H2,1H3,(H,21,23). The summed E-state index contributed by atoms with van der Waals surface area (Å²) >= 11 is 0. The zero-order chi connectivity index (χ0) is 19.2. The highest BCUT2D eigenvalue weighted by molar-refractivity contribution is 5.80. The average Bonchev–Trinajstić information content (AvgIpc) is 2.98. The highest BCUT2D eigenvalue weighted by Crippen LogP contribution is 2.16. The summed E-state index contributed by atoms with van der Waals surface area (Å²) in [7, 11) is 0. The molecule has 150 valence electrons. The number of piperazine rings is 1. The summed E-state index contributed by atoms with van der Waals surface area (Å²) in [6.45, 7) is 8.33. The fourth-order valence-electron chi connectivity index (χ4n) is 3.92. The van der Waals surface area contributed by atoms with Crippen LogP contribution in [0.1, 0.15) is 37.8 Å². The molecule has 0 atom stereocenters. The maximum absolute atomic E-state index is 4.89. The minimum atomic E-state index is 0.579. The third kappa shape index (κ3) is 4.26. The van der Waals surface area contributed by atoms with E-state index in [-0.39, 0.29) is 0 Å². The molecule has 2 aliphatic heterocycles. The smallest absolute Gasteiger partial charge is 0.194 e. The number of rotatable bonds is 4. The molecule has 1 fully saturated rings. The molecule has 4 heterocycles. The monoisotopic (exact) mass is 382 g/mol. The van der Waals surface area contributed by atoms with Crippen LogP contribution in [-0.2, 0) is 19.5 Å². The first-order valence-electron chi connectivity index (χ1n) is 10.5. The lowest BCUT2D eigenvalue weighted by Crippen LogP contribution is -2.52. The van der Waals surface area contributed by atoms with Crippen molar-refractivity contribution in [3.63, 3.8) is 0 Å². The highest BCUT2D eigenvalue weighted by Gasteiger charge is 2.21. The van der Waals surface area contributed by atoms with Gasteiger partial charge in [-0.1, -0.05) is 12.5 Å². The van der Waals surface area contributed by atoms with E-state index in [4.69, 9.17) is 4.99 Å². The van der Waals surface area contributed by atoms with Crippen molar-refractivity contribution in [1.29, 1.82) is 0 Å². The van der Waals surface area contributed by atoms with E-state index < -0.39 is 0 Å². The SMILES string of the molecule is CCNC(=NCc1nnc2n1CCCCC2)N1CCN(c2ccccn2)CC1. The Bertz CT molecular complexity index is 777. The lowest BCUT2D eigenvalue weighted by Gasteiger charge is -2.37. The number of guanidine groups is 1. The molecule has 1 N–H and O–H groups in total. The third-order valence-corrected chi connectivity index (χ3v) is 5.44. The number of anilines is 1. The minimum Gasteiger partial charge on any atom is -0.357 e. The van der Waals surface area contributed by atoms with E-state index in [9.17, 15) is 0 Å². The van der Waals surface area contributed by atoms with Crippen molar-refractivity contribution in [1.82, 2.24) is 30.0 Å². The van der Waals surface area contributed by atoms with Crippen molar-refractivity contribution in [2.45, 2.75) is 45.7 Å². The number of hydrogen-bond donors (Lipinski definition) is 1. The maximum atomic E-state index is 4.89. The number of aryl methyl sites for hydroxylation is 1. The van der Waals surface area contributed by atoms with E-state index in [1.165, 1.54) is 19.3 Å². The first-order chi connectivity index (χ1) is 13.8. The molecule has 8 heteroatoms. The molecule has 2 aromatic rings. The second-order valence-corrected chi connectivity index (χ2v) is 7.33. The fraction of sp³-hybridized carbons (Fsp3) is 0.600. The summed E-state index contributed by atoms with van der Waals surface area (Å²) in [4.78, 5) is 14.0. The Hall–Kier alpha value is -2.64. The van der Waals surface area contributed by atoms with Gasteiger partial charge in [-0.25, -0.2) is 9.98 Å². The van der Waals surface area contributed by atoms with Crippen LogP contribution in [-0.4, -0.2) is 63.3 Å². The summed E-state index contributed by atoms with van der Waals surface area (Å²) in [5.74, 6) is 4.13. The molecule has 2 aromatic heterocycles. The molecule has 28 heavy (non-hydrogen) atoms. The molecular formula is C20H30N8. The van der Waals surface area contributed by atoms with Gasteiger partial charge in [0.15, 0.2) is 11.8 Å². The van der Waals surface area contributed by atoms with E-state index >= 15 is 0 Å². The van der Waals surface area contributed by atoms with Crippen LogP contribution in [0.2, 0.25) is 0 Å². The first kappa shape index (κ1) is 18.7. The normalized spacial score (nSPS) is 18.0. The minimum absolute atomic E-state index is 0.579. The first-order valence-corrected chi connectivity index (χ1v) is 10.5. The molecule has 0 spiro atoms. The number of aromatic nitrogens is 4. The van der Waals surface area contributed by atoms with Gasteiger partial charge < -0.3 is 19.7 Å². The molecule has 8 nitrogen and oxygen atoms in total. The molecule has 0 radical (unpaired) electrons. The van der Waals surface area contributed by atoms with Gasteiger partial charge in [0.2, 0.25) is 0 Å². The van der Waals surface area contributed by atoms with Gasteiger partial charge in [-0.05, 0) is 31.9 Å². The van der Waals surface area contributed by atoms with Gasteiger partial charge in [0, 0.05) is 51.9 Å². The van der Waals surface area contributed by atoms with Crippen molar-refractivity contribution < 1.29 is 0 Å². The van der Waals surface area contributed by atoms with Crippen LogP contribution in [0, 0.1) is 0 Å². The summed E-state index contributed by atoms with van der Waals surface area (Å²) in [6.07, 6.45) is 6.58. The van der Waals surface area contributed by atoms with Crippen LogP contribution in [0.5, 0.6) is 0 Å². The Balaban J connectivity index is 1.41. The molecule has 0 bridgehead atoms. The number of nitrogens with zero attached hydrogens (tertiary/aromatic N) is 7. The maximum Gasteiger partial charge on any atom is 0.194 e. The van der Waals surface area contributed by atoms with Gasteiger partial charge in [-0.3, -0.25) is 0 Å². The van der Waals surface area contributed by atoms with Gasteiger partial charge in [-0.2, -0.15) is 0 Å². The number of aliphatic imine (C=N–C) groups is 1. The second kappa shape index (κ2) is 9.03. The van der Waals surface area contributed by atoms with Crippen molar-refractivity contribution in [2.75, 3.05) is 37.6 Å². The number of nitrogens with one attached hydrogen (secondary N) is 1. The van der Waals surface area contributed by atoms with Gasteiger partial charge in [-0.15, -0.1) is 10.2 Å². The molecule has 4 rings (SSSR count). The molecular weight excluding hydrogens is 352 g/mol. The van der Waals surface area contributed by atoms with E-state index in [1.54, 1.807) is 0 Å². The highest BCUT2D eigenvalue weighted by atomic mass is 15.4. The zero-order valence-electron chi connectivity index (χ0n) is 16.7. The fourth-order valence-corrected chi connectivity index (χ4v) is 3.92. The second-order valence-electron chi connectivity index (χ2n) is 7.33. The van der Waals surface area contributed by atoms with E-state index in [2.05, 4.69) is 47.9 Å². The van der Waals surface area contributed by atoms with Gasteiger partial charge in [0.1, 0.15) is 18.2 Å². The van der Waals surface area contributed by atoms with Gasteiger partial charge in [0.25, 0.3) is 0 Å². The number of pyridine rings is 1. The lowest BCUT2D eigenvalue weighted by molar-refractivity contribution is 0.371. The van der Waals surface area contributed by atoms with E-state index in [0.29, 0.717) is 6.54 Å². The molecule has 0 saturated carbocycles.